The molecule has 6 heteroatoms. The fourth-order valence-corrected chi connectivity index (χ4v) is 3.63. The summed E-state index contributed by atoms with van der Waals surface area (Å²) in [5.74, 6) is 1.14. The molecule has 0 saturated heterocycles. The van der Waals surface area contributed by atoms with Gasteiger partial charge in [-0.1, -0.05) is 24.3 Å². The summed E-state index contributed by atoms with van der Waals surface area (Å²) in [7, 11) is 3.17. The van der Waals surface area contributed by atoms with Gasteiger partial charge in [-0.05, 0) is 17.2 Å². The molecule has 0 spiro atoms. The third kappa shape index (κ3) is 2.88. The van der Waals surface area contributed by atoms with E-state index in [0.717, 1.165) is 10.8 Å². The van der Waals surface area contributed by atoms with Crippen LogP contribution in [0, 0.1) is 0 Å². The smallest absolute Gasteiger partial charge is 0.256 e. The molecular weight excluding hydrogens is 342 g/mol. The molecule has 0 radical (unpaired) electrons. The molecule has 0 fully saturated rings. The van der Waals surface area contributed by atoms with Crippen LogP contribution in [0.5, 0.6) is 11.5 Å². The van der Waals surface area contributed by atoms with Crippen LogP contribution in [0.15, 0.2) is 42.6 Å². The maximum atomic E-state index is 13.3. The molecule has 1 aliphatic heterocycles. The van der Waals surface area contributed by atoms with Gasteiger partial charge < -0.3 is 20.1 Å². The van der Waals surface area contributed by atoms with E-state index in [-0.39, 0.29) is 12.5 Å². The summed E-state index contributed by atoms with van der Waals surface area (Å²) in [6.07, 6.45) is 1.61. The molecule has 0 aliphatic carbocycles. The van der Waals surface area contributed by atoms with Crippen molar-refractivity contribution in [2.75, 3.05) is 14.2 Å². The van der Waals surface area contributed by atoms with Crippen LogP contribution in [0.25, 0.3) is 10.8 Å². The van der Waals surface area contributed by atoms with Gasteiger partial charge in [0, 0.05) is 42.7 Å². The summed E-state index contributed by atoms with van der Waals surface area (Å²) in [4.78, 5) is 19.6. The third-order valence-corrected chi connectivity index (χ3v) is 5.01. The molecule has 2 heterocycles. The number of aromatic nitrogens is 1. The second-order valence-corrected chi connectivity index (χ2v) is 6.50. The van der Waals surface area contributed by atoms with Crippen LogP contribution in [0.2, 0.25) is 0 Å². The molecule has 2 N–H and O–H groups in total. The predicted octanol–water partition coefficient (Wildman–Crippen LogP) is 2.87. The van der Waals surface area contributed by atoms with Crippen molar-refractivity contribution >= 4 is 16.7 Å². The van der Waals surface area contributed by atoms with E-state index in [1.165, 1.54) is 11.1 Å². The molecule has 27 heavy (non-hydrogen) atoms. The largest absolute Gasteiger partial charge is 0.497 e. The van der Waals surface area contributed by atoms with Gasteiger partial charge in [0.1, 0.15) is 11.5 Å². The van der Waals surface area contributed by atoms with Gasteiger partial charge >= 0.3 is 0 Å². The highest BCUT2D eigenvalue weighted by Crippen LogP contribution is 2.36. The molecule has 3 aromatic rings. The monoisotopic (exact) mass is 363 g/mol. The number of carbonyl (C=O) groups excluding carboxylic acids is 1. The number of hydrogen-bond donors (Lipinski definition) is 1. The summed E-state index contributed by atoms with van der Waals surface area (Å²) in [6, 6.07) is 11.7. The molecule has 2 aromatic carbocycles. The first kappa shape index (κ1) is 17.3. The van der Waals surface area contributed by atoms with Crippen molar-refractivity contribution in [1.82, 2.24) is 9.88 Å². The minimum atomic E-state index is -0.0671. The van der Waals surface area contributed by atoms with Crippen molar-refractivity contribution in [3.05, 3.63) is 65.0 Å². The number of methoxy groups -OCH3 is 2. The Hall–Kier alpha value is -3.12. The van der Waals surface area contributed by atoms with Crippen LogP contribution in [0.1, 0.15) is 27.2 Å². The first-order chi connectivity index (χ1) is 13.2. The molecule has 1 aromatic heterocycles. The van der Waals surface area contributed by atoms with E-state index in [0.29, 0.717) is 35.8 Å². The number of nitrogens with zero attached hydrogens (tertiary/aromatic N) is 2. The first-order valence-corrected chi connectivity index (χ1v) is 8.76. The van der Waals surface area contributed by atoms with Gasteiger partial charge in [-0.25, -0.2) is 0 Å². The van der Waals surface area contributed by atoms with Gasteiger partial charge in [0.25, 0.3) is 5.91 Å². The van der Waals surface area contributed by atoms with E-state index >= 15 is 0 Å². The maximum absolute atomic E-state index is 13.3. The normalized spacial score (nSPS) is 12.9. The number of nitrogens with two attached hydrogens (primary N) is 1. The summed E-state index contributed by atoms with van der Waals surface area (Å²) >= 11 is 0. The summed E-state index contributed by atoms with van der Waals surface area (Å²) in [5.41, 5.74) is 9.43. The molecule has 6 nitrogen and oxygen atoms in total. The highest BCUT2D eigenvalue weighted by Gasteiger charge is 2.26. The lowest BCUT2D eigenvalue weighted by atomic mass is 10.0. The third-order valence-electron chi connectivity index (χ3n) is 5.01. The number of hydrogen-bond acceptors (Lipinski definition) is 5. The first-order valence-electron chi connectivity index (χ1n) is 8.76. The van der Waals surface area contributed by atoms with Crippen LogP contribution in [-0.2, 0) is 19.6 Å². The fraction of sp³-hybridized carbons (Fsp3) is 0.238. The van der Waals surface area contributed by atoms with Crippen molar-refractivity contribution in [1.29, 1.82) is 0 Å². The van der Waals surface area contributed by atoms with Gasteiger partial charge in [-0.3, -0.25) is 9.78 Å². The van der Waals surface area contributed by atoms with Crippen LogP contribution < -0.4 is 15.2 Å². The Morgan fingerprint density at radius 2 is 1.85 bits per heavy atom. The molecular formula is C21H21N3O3. The number of amides is 1. The molecule has 0 saturated carbocycles. The predicted molar refractivity (Wildman–Crippen MR) is 103 cm³/mol. The van der Waals surface area contributed by atoms with Crippen molar-refractivity contribution < 1.29 is 14.3 Å². The van der Waals surface area contributed by atoms with E-state index in [4.69, 9.17) is 15.2 Å². The summed E-state index contributed by atoms with van der Waals surface area (Å²) in [6.45, 7) is 1.44. The van der Waals surface area contributed by atoms with Crippen molar-refractivity contribution in [2.45, 2.75) is 19.6 Å². The zero-order valence-electron chi connectivity index (χ0n) is 15.4. The highest BCUT2D eigenvalue weighted by atomic mass is 16.5. The lowest BCUT2D eigenvalue weighted by Crippen LogP contribution is -2.26. The Morgan fingerprint density at radius 3 is 2.44 bits per heavy atom. The van der Waals surface area contributed by atoms with Crippen LogP contribution in [0.4, 0.5) is 0 Å². The number of carbonyl (C=O) groups is 1. The number of rotatable bonds is 4. The van der Waals surface area contributed by atoms with Crippen molar-refractivity contribution in [3.8, 4) is 11.5 Å². The lowest BCUT2D eigenvalue weighted by Gasteiger charge is -2.19. The average molecular weight is 363 g/mol. The topological polar surface area (TPSA) is 77.7 Å². The van der Waals surface area contributed by atoms with E-state index in [9.17, 15) is 4.79 Å². The van der Waals surface area contributed by atoms with Crippen LogP contribution >= 0.6 is 0 Å². The Balaban J connectivity index is 1.83. The fourth-order valence-electron chi connectivity index (χ4n) is 3.63. The number of pyridine rings is 1. The quantitative estimate of drug-likeness (QED) is 0.771. The Bertz CT molecular complexity index is 1010. The molecule has 0 atom stereocenters. The van der Waals surface area contributed by atoms with E-state index in [1.807, 2.05) is 23.1 Å². The lowest BCUT2D eigenvalue weighted by molar-refractivity contribution is 0.0753. The van der Waals surface area contributed by atoms with Gasteiger partial charge in [-0.15, -0.1) is 0 Å². The van der Waals surface area contributed by atoms with Gasteiger partial charge in [0.05, 0.1) is 25.5 Å². The standard InChI is InChI=1S/C21H21N3O3/c1-26-15-7-16-17(10-23-18(9-22)20(16)19(8-15)27-2)21(25)24-11-13-5-3-4-6-14(13)12-24/h3-8,10H,9,11-12,22H2,1-2H3. The molecule has 1 amide bonds. The number of benzene rings is 2. The van der Waals surface area contributed by atoms with Crippen molar-refractivity contribution in [3.63, 3.8) is 0 Å². The summed E-state index contributed by atoms with van der Waals surface area (Å²) < 4.78 is 10.9. The van der Waals surface area contributed by atoms with Gasteiger partial charge in [-0.2, -0.15) is 0 Å². The van der Waals surface area contributed by atoms with Crippen molar-refractivity contribution in [2.24, 2.45) is 5.73 Å². The van der Waals surface area contributed by atoms with Gasteiger partial charge in [0.2, 0.25) is 0 Å². The highest BCUT2D eigenvalue weighted by molar-refractivity contribution is 6.09. The second-order valence-electron chi connectivity index (χ2n) is 6.50. The Labute approximate surface area is 157 Å². The van der Waals surface area contributed by atoms with E-state index in [1.54, 1.807) is 26.5 Å². The molecule has 0 unspecified atom stereocenters. The molecule has 0 bridgehead atoms. The maximum Gasteiger partial charge on any atom is 0.256 e. The Kier molecular flexibility index (Phi) is 4.41. The summed E-state index contributed by atoms with van der Waals surface area (Å²) in [5, 5.41) is 1.49. The number of fused-ring (bicyclic) bond motifs is 2. The zero-order valence-corrected chi connectivity index (χ0v) is 15.4. The zero-order chi connectivity index (χ0) is 19.0. The van der Waals surface area contributed by atoms with E-state index in [2.05, 4.69) is 17.1 Å². The molecule has 1 aliphatic rings. The SMILES string of the molecule is COc1cc(OC)c2c(CN)ncc(C(=O)N3Cc4ccccc4C3)c2c1. The number of ether oxygens (including phenoxy) is 2. The minimum Gasteiger partial charge on any atom is -0.497 e. The van der Waals surface area contributed by atoms with Crippen LogP contribution in [0.3, 0.4) is 0 Å². The average Bonchev–Trinajstić information content (AvgIpc) is 3.15. The second kappa shape index (κ2) is 6.89. The van der Waals surface area contributed by atoms with E-state index < -0.39 is 0 Å². The van der Waals surface area contributed by atoms with Crippen LogP contribution in [-0.4, -0.2) is 30.0 Å². The van der Waals surface area contributed by atoms with Gasteiger partial charge in [0.15, 0.2) is 0 Å². The minimum absolute atomic E-state index is 0.0671. The molecule has 4 rings (SSSR count). The molecule has 138 valence electrons. The Morgan fingerprint density at radius 1 is 1.15 bits per heavy atom.